The molecule has 15 heavy (non-hydrogen) atoms. The molecule has 0 amide bonds. The Morgan fingerprint density at radius 3 is 2.13 bits per heavy atom. The van der Waals surface area contributed by atoms with Gasteiger partial charge in [-0.25, -0.2) is 8.78 Å². The fraction of sp³-hybridized carbons (Fsp3) is 0.100. The third-order valence-electron chi connectivity index (χ3n) is 1.56. The minimum absolute atomic E-state index is 0.0231. The second kappa shape index (κ2) is 5.74. The van der Waals surface area contributed by atoms with Crippen molar-refractivity contribution < 1.29 is 8.78 Å². The van der Waals surface area contributed by atoms with Crippen molar-refractivity contribution in [3.05, 3.63) is 48.5 Å². The van der Waals surface area contributed by atoms with Gasteiger partial charge in [0.15, 0.2) is 0 Å². The fourth-order valence-electron chi connectivity index (χ4n) is 0.843. The normalized spacial score (nSPS) is 9.53. The van der Waals surface area contributed by atoms with E-state index in [1.54, 1.807) is 30.6 Å². The van der Waals surface area contributed by atoms with E-state index in [1.165, 1.54) is 12.3 Å². The number of H-pyrrole nitrogens is 1. The number of nitrogens with one attached hydrogen (secondary N) is 1. The molecule has 0 aliphatic carbocycles. The molecule has 0 radical (unpaired) electrons. The molecule has 0 atom stereocenters. The van der Waals surface area contributed by atoms with E-state index in [0.29, 0.717) is 0 Å². The summed E-state index contributed by atoms with van der Waals surface area (Å²) in [5, 5.41) is 0. The van der Waals surface area contributed by atoms with E-state index >= 15 is 0 Å². The molecule has 2 aromatic rings. The van der Waals surface area contributed by atoms with E-state index in [1.807, 2.05) is 0 Å². The highest BCUT2D eigenvalue weighted by atomic mass is 19.3. The number of nitrogens with two attached hydrogens (primary N) is 1. The van der Waals surface area contributed by atoms with Crippen LogP contribution in [-0.4, -0.2) is 9.97 Å². The summed E-state index contributed by atoms with van der Waals surface area (Å²) in [4.78, 5) is 6.15. The second-order valence-electron chi connectivity index (χ2n) is 2.71. The standard InChI is InChI=1S/C5H5F2N.C5H6N2/c6-5(7)4-2-1-3-8-4;6-5-1-3-7-4-2-5/h1-3,5,8H;1-4H,(H2,6,7). The van der Waals surface area contributed by atoms with Gasteiger partial charge in [0.05, 0.1) is 5.69 Å². The summed E-state index contributed by atoms with van der Waals surface area (Å²) in [6, 6.07) is 6.40. The number of nitrogen functional groups attached to an aromatic ring is 1. The Labute approximate surface area is 86.0 Å². The smallest absolute Gasteiger partial charge is 0.278 e. The van der Waals surface area contributed by atoms with Gasteiger partial charge in [0.25, 0.3) is 6.43 Å². The van der Waals surface area contributed by atoms with Crippen molar-refractivity contribution >= 4 is 5.69 Å². The number of nitrogens with zero attached hydrogens (tertiary/aromatic N) is 1. The van der Waals surface area contributed by atoms with Crippen molar-refractivity contribution in [2.45, 2.75) is 6.43 Å². The molecule has 0 fully saturated rings. The van der Waals surface area contributed by atoms with Crippen LogP contribution in [0.2, 0.25) is 0 Å². The SMILES string of the molecule is FC(F)c1ccc[nH]1.Nc1ccncc1. The summed E-state index contributed by atoms with van der Waals surface area (Å²) in [5.74, 6) is 0. The number of aromatic amines is 1. The lowest BCUT2D eigenvalue weighted by Crippen LogP contribution is -1.81. The van der Waals surface area contributed by atoms with E-state index in [4.69, 9.17) is 5.73 Å². The average Bonchev–Trinajstić information content (AvgIpc) is 2.72. The largest absolute Gasteiger partial charge is 0.399 e. The molecule has 2 heterocycles. The van der Waals surface area contributed by atoms with Gasteiger partial charge in [-0.3, -0.25) is 4.98 Å². The third kappa shape index (κ3) is 4.21. The second-order valence-corrected chi connectivity index (χ2v) is 2.71. The summed E-state index contributed by atoms with van der Waals surface area (Å²) in [6.07, 6.45) is 2.43. The van der Waals surface area contributed by atoms with Crippen LogP contribution in [0.5, 0.6) is 0 Å². The van der Waals surface area contributed by atoms with E-state index in [2.05, 4.69) is 9.97 Å². The molecule has 3 nitrogen and oxygen atoms in total. The molecule has 5 heteroatoms. The van der Waals surface area contributed by atoms with Gasteiger partial charge in [-0.1, -0.05) is 0 Å². The summed E-state index contributed by atoms with van der Waals surface area (Å²) in [6.45, 7) is 0. The average molecular weight is 211 g/mol. The lowest BCUT2D eigenvalue weighted by molar-refractivity contribution is 0.147. The number of anilines is 1. The molecule has 0 unspecified atom stereocenters. The van der Waals surface area contributed by atoms with Gasteiger partial charge in [0.1, 0.15) is 0 Å². The first-order chi connectivity index (χ1) is 7.20. The van der Waals surface area contributed by atoms with E-state index in [0.717, 1.165) is 5.69 Å². The van der Waals surface area contributed by atoms with Gasteiger partial charge >= 0.3 is 0 Å². The predicted molar refractivity (Wildman–Crippen MR) is 54.4 cm³/mol. The third-order valence-corrected chi connectivity index (χ3v) is 1.56. The lowest BCUT2D eigenvalue weighted by atomic mass is 10.4. The topological polar surface area (TPSA) is 54.7 Å². The molecule has 2 aromatic heterocycles. The van der Waals surface area contributed by atoms with Crippen molar-refractivity contribution in [3.8, 4) is 0 Å². The van der Waals surface area contributed by atoms with Gasteiger partial charge in [0.2, 0.25) is 0 Å². The Morgan fingerprint density at radius 2 is 1.87 bits per heavy atom. The first-order valence-corrected chi connectivity index (χ1v) is 4.27. The van der Waals surface area contributed by atoms with Crippen LogP contribution in [-0.2, 0) is 0 Å². The van der Waals surface area contributed by atoms with E-state index < -0.39 is 6.43 Å². The van der Waals surface area contributed by atoms with Crippen LogP contribution in [0.1, 0.15) is 12.1 Å². The maximum Gasteiger partial charge on any atom is 0.278 e. The highest BCUT2D eigenvalue weighted by Crippen LogP contribution is 2.14. The summed E-state index contributed by atoms with van der Waals surface area (Å²) >= 11 is 0. The Hall–Kier alpha value is -1.91. The Bertz CT molecular complexity index is 359. The number of aromatic nitrogens is 2. The lowest BCUT2D eigenvalue weighted by Gasteiger charge is -1.88. The summed E-state index contributed by atoms with van der Waals surface area (Å²) < 4.78 is 23.1. The molecule has 2 rings (SSSR count). The molecule has 80 valence electrons. The van der Waals surface area contributed by atoms with Crippen LogP contribution < -0.4 is 5.73 Å². The molecule has 0 bridgehead atoms. The first kappa shape index (κ1) is 11.2. The maximum atomic E-state index is 11.6. The van der Waals surface area contributed by atoms with Gasteiger partial charge in [-0.2, -0.15) is 0 Å². The first-order valence-electron chi connectivity index (χ1n) is 4.27. The van der Waals surface area contributed by atoms with Gasteiger partial charge < -0.3 is 10.7 Å². The van der Waals surface area contributed by atoms with Crippen LogP contribution in [0.3, 0.4) is 0 Å². The number of hydrogen-bond donors (Lipinski definition) is 2. The summed E-state index contributed by atoms with van der Waals surface area (Å²) in [7, 11) is 0. The zero-order chi connectivity index (χ0) is 11.1. The van der Waals surface area contributed by atoms with E-state index in [9.17, 15) is 8.78 Å². The monoisotopic (exact) mass is 211 g/mol. The molecule has 0 saturated carbocycles. The van der Waals surface area contributed by atoms with Gasteiger partial charge in [0, 0.05) is 24.3 Å². The van der Waals surface area contributed by atoms with Gasteiger partial charge in [-0.05, 0) is 24.3 Å². The summed E-state index contributed by atoms with van der Waals surface area (Å²) in [5.41, 5.74) is 6.05. The minimum atomic E-state index is -2.37. The number of alkyl halides is 2. The highest BCUT2D eigenvalue weighted by Gasteiger charge is 2.04. The molecular weight excluding hydrogens is 200 g/mol. The van der Waals surface area contributed by atoms with Crippen LogP contribution in [0, 0.1) is 0 Å². The molecule has 0 aliphatic rings. The van der Waals surface area contributed by atoms with E-state index in [-0.39, 0.29) is 5.69 Å². The zero-order valence-electron chi connectivity index (χ0n) is 7.90. The van der Waals surface area contributed by atoms with Crippen LogP contribution in [0.15, 0.2) is 42.9 Å². The number of pyridine rings is 1. The van der Waals surface area contributed by atoms with Crippen molar-refractivity contribution in [1.82, 2.24) is 9.97 Å². The fourth-order valence-corrected chi connectivity index (χ4v) is 0.843. The minimum Gasteiger partial charge on any atom is -0.399 e. The van der Waals surface area contributed by atoms with Crippen LogP contribution in [0.25, 0.3) is 0 Å². The van der Waals surface area contributed by atoms with Crippen molar-refractivity contribution in [1.29, 1.82) is 0 Å². The maximum absolute atomic E-state index is 11.6. The molecule has 0 aromatic carbocycles. The molecule has 3 N–H and O–H groups in total. The van der Waals surface area contributed by atoms with Gasteiger partial charge in [-0.15, -0.1) is 0 Å². The zero-order valence-corrected chi connectivity index (χ0v) is 7.90. The molecule has 0 saturated heterocycles. The molecular formula is C10H11F2N3. The Morgan fingerprint density at radius 1 is 1.20 bits per heavy atom. The molecule has 0 spiro atoms. The number of rotatable bonds is 1. The number of halogens is 2. The van der Waals surface area contributed by atoms with Crippen LogP contribution >= 0.6 is 0 Å². The van der Waals surface area contributed by atoms with Crippen molar-refractivity contribution in [3.63, 3.8) is 0 Å². The van der Waals surface area contributed by atoms with Crippen molar-refractivity contribution in [2.24, 2.45) is 0 Å². The highest BCUT2D eigenvalue weighted by molar-refractivity contribution is 5.33. The molecule has 0 aliphatic heterocycles. The van der Waals surface area contributed by atoms with Crippen LogP contribution in [0.4, 0.5) is 14.5 Å². The Kier molecular flexibility index (Phi) is 4.28. The van der Waals surface area contributed by atoms with Crippen molar-refractivity contribution in [2.75, 3.05) is 5.73 Å². The number of hydrogen-bond acceptors (Lipinski definition) is 2. The quantitative estimate of drug-likeness (QED) is 0.761. The predicted octanol–water partition coefficient (Wildman–Crippen LogP) is 2.62. The Balaban J connectivity index is 0.000000151.